The average Bonchev–Trinajstić information content (AvgIpc) is 2.97. The molecule has 9 heteroatoms. The molecule has 2 aromatic rings. The molecule has 0 spiro atoms. The third-order valence-electron chi connectivity index (χ3n) is 2.85. The number of ether oxygens (including phenoxy) is 2. The molecule has 0 fully saturated rings. The predicted octanol–water partition coefficient (Wildman–Crippen LogP) is 2.12. The average molecular weight is 355 g/mol. The molecule has 0 saturated carbocycles. The van der Waals surface area contributed by atoms with E-state index in [0.717, 1.165) is 25.6 Å². The summed E-state index contributed by atoms with van der Waals surface area (Å²) in [5.74, 6) is -1.59. The summed E-state index contributed by atoms with van der Waals surface area (Å²) in [6, 6.07) is 7.65. The molecule has 0 saturated heterocycles. The second-order valence-corrected chi connectivity index (χ2v) is 6.82. The highest BCUT2D eigenvalue weighted by Crippen LogP contribution is 2.30. The topological polar surface area (TPSA) is 98.8 Å². The number of methoxy groups -OCH3 is 2. The number of carbonyl (C=O) groups excluding carboxylic acids is 2. The number of rotatable bonds is 5. The van der Waals surface area contributed by atoms with Crippen LogP contribution in [0.4, 0.5) is 5.69 Å². The van der Waals surface area contributed by atoms with Gasteiger partial charge >= 0.3 is 11.9 Å². The molecule has 0 aliphatic rings. The van der Waals surface area contributed by atoms with Gasteiger partial charge in [-0.05, 0) is 12.1 Å². The maximum absolute atomic E-state index is 12.3. The number of carbonyl (C=O) groups is 2. The molecule has 7 nitrogen and oxygen atoms in total. The smallest absolute Gasteiger partial charge is 0.349 e. The monoisotopic (exact) mass is 355 g/mol. The molecule has 122 valence electrons. The summed E-state index contributed by atoms with van der Waals surface area (Å²) in [6.07, 6.45) is 0. The number of nitrogens with one attached hydrogen (secondary N) is 1. The Bertz CT molecular complexity index is 826. The van der Waals surface area contributed by atoms with Crippen molar-refractivity contribution in [1.29, 1.82) is 0 Å². The maximum atomic E-state index is 12.3. The fraction of sp³-hybridized carbons (Fsp3) is 0.143. The molecule has 0 atom stereocenters. The molecule has 0 bridgehead atoms. The Morgan fingerprint density at radius 1 is 1.04 bits per heavy atom. The number of hydrogen-bond acceptors (Lipinski definition) is 7. The summed E-state index contributed by atoms with van der Waals surface area (Å²) in [5, 5.41) is 1.35. The molecule has 0 amide bonds. The summed E-state index contributed by atoms with van der Waals surface area (Å²) in [7, 11) is -1.60. The Balaban J connectivity index is 2.46. The molecule has 0 unspecified atom stereocenters. The maximum Gasteiger partial charge on any atom is 0.349 e. The van der Waals surface area contributed by atoms with E-state index >= 15 is 0 Å². The number of esters is 2. The van der Waals surface area contributed by atoms with E-state index in [1.807, 2.05) is 0 Å². The molecule has 1 aromatic heterocycles. The molecule has 1 N–H and O–H groups in total. The Labute approximate surface area is 136 Å². The first-order valence-electron chi connectivity index (χ1n) is 6.26. The van der Waals surface area contributed by atoms with E-state index in [1.165, 1.54) is 17.5 Å². The van der Waals surface area contributed by atoms with E-state index in [-0.39, 0.29) is 21.0 Å². The van der Waals surface area contributed by atoms with Crippen molar-refractivity contribution < 1.29 is 27.5 Å². The molecule has 0 aliphatic heterocycles. The van der Waals surface area contributed by atoms with Crippen molar-refractivity contribution in [2.24, 2.45) is 0 Å². The van der Waals surface area contributed by atoms with Crippen LogP contribution >= 0.6 is 11.3 Å². The summed E-state index contributed by atoms with van der Waals surface area (Å²) < 4.78 is 36.2. The lowest BCUT2D eigenvalue weighted by atomic mass is 10.2. The molecule has 1 heterocycles. The van der Waals surface area contributed by atoms with E-state index < -0.39 is 22.0 Å². The summed E-state index contributed by atoms with van der Waals surface area (Å²) in [4.78, 5) is 23.6. The lowest BCUT2D eigenvalue weighted by Crippen LogP contribution is -2.16. The van der Waals surface area contributed by atoms with E-state index in [1.54, 1.807) is 18.2 Å². The predicted molar refractivity (Wildman–Crippen MR) is 84.2 cm³/mol. The van der Waals surface area contributed by atoms with Gasteiger partial charge in [-0.25, -0.2) is 18.0 Å². The van der Waals surface area contributed by atoms with Crippen molar-refractivity contribution >= 4 is 39.0 Å². The van der Waals surface area contributed by atoms with E-state index in [4.69, 9.17) is 0 Å². The van der Waals surface area contributed by atoms with Crippen LogP contribution in [0.25, 0.3) is 0 Å². The van der Waals surface area contributed by atoms with E-state index in [0.29, 0.717) is 0 Å². The van der Waals surface area contributed by atoms with Crippen LogP contribution in [0.3, 0.4) is 0 Å². The van der Waals surface area contributed by atoms with Crippen molar-refractivity contribution in [2.75, 3.05) is 18.9 Å². The molecule has 0 radical (unpaired) electrons. The van der Waals surface area contributed by atoms with Gasteiger partial charge in [-0.3, -0.25) is 4.72 Å². The van der Waals surface area contributed by atoms with Crippen LogP contribution in [0.5, 0.6) is 0 Å². The molecular formula is C14H13NO6S2. The van der Waals surface area contributed by atoms with Gasteiger partial charge in [-0.1, -0.05) is 18.2 Å². The van der Waals surface area contributed by atoms with Crippen molar-refractivity contribution in [3.63, 3.8) is 0 Å². The number of sulfonamides is 1. The zero-order valence-corrected chi connectivity index (χ0v) is 13.9. The highest BCUT2D eigenvalue weighted by molar-refractivity contribution is 7.92. The summed E-state index contributed by atoms with van der Waals surface area (Å²) in [5.41, 5.74) is -0.213. The normalized spacial score (nSPS) is 10.9. The van der Waals surface area contributed by atoms with Crippen molar-refractivity contribution in [3.8, 4) is 0 Å². The quantitative estimate of drug-likeness (QED) is 0.825. The Kier molecular flexibility index (Phi) is 5.02. The SMILES string of the molecule is COC(=O)c1scc(NS(=O)(=O)c2ccccc2)c1C(=O)OC. The van der Waals surface area contributed by atoms with Gasteiger partial charge in [0.25, 0.3) is 10.0 Å². The van der Waals surface area contributed by atoms with Crippen LogP contribution in [-0.2, 0) is 19.5 Å². The molecule has 1 aromatic carbocycles. The fourth-order valence-corrected chi connectivity index (χ4v) is 3.85. The van der Waals surface area contributed by atoms with Gasteiger partial charge in [0.15, 0.2) is 0 Å². The Hall–Kier alpha value is -2.39. The van der Waals surface area contributed by atoms with Crippen molar-refractivity contribution in [1.82, 2.24) is 0 Å². The first kappa shape index (κ1) is 17.0. The minimum atomic E-state index is -3.90. The van der Waals surface area contributed by atoms with E-state index in [2.05, 4.69) is 14.2 Å². The lowest BCUT2D eigenvalue weighted by Gasteiger charge is -2.09. The Morgan fingerprint density at radius 2 is 1.65 bits per heavy atom. The minimum absolute atomic E-state index is 0.0293. The van der Waals surface area contributed by atoms with Gasteiger partial charge in [0.2, 0.25) is 0 Å². The molecule has 0 aliphatic carbocycles. The summed E-state index contributed by atoms with van der Waals surface area (Å²) >= 11 is 0.886. The Morgan fingerprint density at radius 3 is 2.22 bits per heavy atom. The highest BCUT2D eigenvalue weighted by atomic mass is 32.2. The van der Waals surface area contributed by atoms with Crippen LogP contribution in [-0.4, -0.2) is 34.6 Å². The largest absolute Gasteiger partial charge is 0.465 e. The summed E-state index contributed by atoms with van der Waals surface area (Å²) in [6.45, 7) is 0. The second kappa shape index (κ2) is 6.80. The van der Waals surface area contributed by atoms with Gasteiger partial charge in [0.05, 0.1) is 24.8 Å². The van der Waals surface area contributed by atoms with Gasteiger partial charge in [0.1, 0.15) is 10.4 Å². The highest BCUT2D eigenvalue weighted by Gasteiger charge is 2.27. The number of thiophene rings is 1. The van der Waals surface area contributed by atoms with Gasteiger partial charge in [-0.15, -0.1) is 11.3 Å². The van der Waals surface area contributed by atoms with Crippen LogP contribution in [0, 0.1) is 0 Å². The van der Waals surface area contributed by atoms with Crippen LogP contribution in [0.15, 0.2) is 40.6 Å². The van der Waals surface area contributed by atoms with Crippen LogP contribution in [0.2, 0.25) is 0 Å². The molecular weight excluding hydrogens is 342 g/mol. The standard InChI is InChI=1S/C14H13NO6S2/c1-20-13(16)11-10(8-22-12(11)14(17)21-2)15-23(18,19)9-6-4-3-5-7-9/h3-8,15H,1-2H3. The van der Waals surface area contributed by atoms with Crippen LogP contribution in [0.1, 0.15) is 20.0 Å². The molecule has 2 rings (SSSR count). The third kappa shape index (κ3) is 3.51. The fourth-order valence-electron chi connectivity index (χ4n) is 1.78. The van der Waals surface area contributed by atoms with Crippen LogP contribution < -0.4 is 4.72 Å². The first-order chi connectivity index (χ1) is 10.9. The molecule has 23 heavy (non-hydrogen) atoms. The lowest BCUT2D eigenvalue weighted by molar-refractivity contribution is 0.0561. The van der Waals surface area contributed by atoms with Gasteiger partial charge in [-0.2, -0.15) is 0 Å². The number of hydrogen-bond donors (Lipinski definition) is 1. The van der Waals surface area contributed by atoms with Gasteiger partial charge < -0.3 is 9.47 Å². The zero-order valence-electron chi connectivity index (χ0n) is 12.2. The zero-order chi connectivity index (χ0) is 17.0. The second-order valence-electron chi connectivity index (χ2n) is 4.26. The van der Waals surface area contributed by atoms with Crippen molar-refractivity contribution in [2.45, 2.75) is 4.90 Å². The van der Waals surface area contributed by atoms with E-state index in [9.17, 15) is 18.0 Å². The first-order valence-corrected chi connectivity index (χ1v) is 8.63. The third-order valence-corrected chi connectivity index (χ3v) is 5.19. The van der Waals surface area contributed by atoms with Crippen molar-refractivity contribution in [3.05, 3.63) is 46.2 Å². The minimum Gasteiger partial charge on any atom is -0.465 e. The number of anilines is 1. The van der Waals surface area contributed by atoms with Gasteiger partial charge in [0, 0.05) is 5.38 Å². The number of benzene rings is 1.